The van der Waals surface area contributed by atoms with Gasteiger partial charge in [-0.1, -0.05) is 15.9 Å². The van der Waals surface area contributed by atoms with Gasteiger partial charge in [0.15, 0.2) is 0 Å². The minimum absolute atomic E-state index is 0.0221. The number of hydrogen-bond acceptors (Lipinski definition) is 2. The van der Waals surface area contributed by atoms with Crippen LogP contribution in [-0.4, -0.2) is 0 Å². The van der Waals surface area contributed by atoms with E-state index in [1.54, 1.807) is 0 Å². The van der Waals surface area contributed by atoms with E-state index in [1.165, 1.54) is 18.2 Å². The minimum atomic E-state index is -1.05. The average Bonchev–Trinajstić information content (AvgIpc) is 2.40. The van der Waals surface area contributed by atoms with Crippen LogP contribution in [0.25, 0.3) is 0 Å². The predicted octanol–water partition coefficient (Wildman–Crippen LogP) is 3.75. The van der Waals surface area contributed by atoms with Crippen LogP contribution in [0, 0.1) is 23.3 Å². The number of benzene rings is 2. The Morgan fingerprint density at radius 1 is 1.00 bits per heavy atom. The second kappa shape index (κ2) is 6.55. The fourth-order valence-electron chi connectivity index (χ4n) is 2.05. The van der Waals surface area contributed by atoms with Gasteiger partial charge < -0.3 is 0 Å². The van der Waals surface area contributed by atoms with Crippen molar-refractivity contribution in [1.29, 1.82) is 0 Å². The summed E-state index contributed by atoms with van der Waals surface area (Å²) in [5, 5.41) is 0. The van der Waals surface area contributed by atoms with Gasteiger partial charge in [-0.15, -0.1) is 0 Å². The van der Waals surface area contributed by atoms with E-state index in [0.29, 0.717) is 22.2 Å². The molecule has 0 amide bonds. The lowest BCUT2D eigenvalue weighted by Gasteiger charge is -2.18. The van der Waals surface area contributed by atoms with Crippen molar-refractivity contribution in [3.05, 3.63) is 69.2 Å². The molecule has 2 aromatic rings. The molecule has 0 saturated carbocycles. The Kier molecular flexibility index (Phi) is 4.97. The highest BCUT2D eigenvalue weighted by atomic mass is 79.9. The summed E-state index contributed by atoms with van der Waals surface area (Å²) in [6.07, 6.45) is 0.0221. The highest BCUT2D eigenvalue weighted by Gasteiger charge is 2.22. The Labute approximate surface area is 127 Å². The van der Waals surface area contributed by atoms with Gasteiger partial charge in [-0.25, -0.2) is 17.6 Å². The van der Waals surface area contributed by atoms with Crippen LogP contribution >= 0.6 is 15.9 Å². The number of nitrogens with two attached hydrogens (primary N) is 1. The molecule has 7 heteroatoms. The molecule has 2 nitrogen and oxygen atoms in total. The summed E-state index contributed by atoms with van der Waals surface area (Å²) < 4.78 is 54.3. The zero-order valence-electron chi connectivity index (χ0n) is 10.6. The van der Waals surface area contributed by atoms with Crippen LogP contribution in [0.5, 0.6) is 0 Å². The number of hydrazine groups is 1. The maximum Gasteiger partial charge on any atom is 0.133 e. The highest BCUT2D eigenvalue weighted by molar-refractivity contribution is 9.10. The lowest BCUT2D eigenvalue weighted by Crippen LogP contribution is -2.31. The van der Waals surface area contributed by atoms with Crippen LogP contribution in [0.4, 0.5) is 17.6 Å². The maximum absolute atomic E-state index is 13.8. The molecule has 0 aliphatic carbocycles. The first-order valence-corrected chi connectivity index (χ1v) is 6.76. The van der Waals surface area contributed by atoms with Gasteiger partial charge in [0.25, 0.3) is 0 Å². The summed E-state index contributed by atoms with van der Waals surface area (Å²) in [6, 6.07) is 4.14. The Bertz CT molecular complexity index is 640. The van der Waals surface area contributed by atoms with Gasteiger partial charge >= 0.3 is 0 Å². The van der Waals surface area contributed by atoms with Crippen LogP contribution in [0.2, 0.25) is 0 Å². The number of rotatable bonds is 4. The Morgan fingerprint density at radius 2 is 1.62 bits per heavy atom. The van der Waals surface area contributed by atoms with Crippen LogP contribution in [0.3, 0.4) is 0 Å². The van der Waals surface area contributed by atoms with E-state index < -0.39 is 34.9 Å². The van der Waals surface area contributed by atoms with Crippen LogP contribution in [-0.2, 0) is 6.42 Å². The van der Waals surface area contributed by atoms with Crippen molar-refractivity contribution in [2.45, 2.75) is 12.5 Å². The first-order chi connectivity index (χ1) is 9.92. The molecule has 21 heavy (non-hydrogen) atoms. The van der Waals surface area contributed by atoms with Crippen molar-refractivity contribution in [2.75, 3.05) is 0 Å². The molecule has 0 bridgehead atoms. The van der Waals surface area contributed by atoms with Gasteiger partial charge in [-0.05, 0) is 30.2 Å². The molecule has 112 valence electrons. The second-order valence-electron chi connectivity index (χ2n) is 4.44. The molecule has 1 unspecified atom stereocenters. The zero-order chi connectivity index (χ0) is 15.6. The molecule has 0 aliphatic rings. The third-order valence-corrected chi connectivity index (χ3v) is 3.80. The average molecular weight is 363 g/mol. The molecular formula is C14H11BrF4N2. The molecule has 0 aliphatic heterocycles. The second-order valence-corrected chi connectivity index (χ2v) is 5.30. The molecule has 0 aromatic heterocycles. The van der Waals surface area contributed by atoms with E-state index in [0.717, 1.165) is 0 Å². The van der Waals surface area contributed by atoms with E-state index in [1.807, 2.05) is 0 Å². The van der Waals surface area contributed by atoms with Gasteiger partial charge in [0.05, 0.1) is 6.04 Å². The summed E-state index contributed by atoms with van der Waals surface area (Å²) >= 11 is 3.23. The largest absolute Gasteiger partial charge is 0.271 e. The normalized spacial score (nSPS) is 12.5. The van der Waals surface area contributed by atoms with Gasteiger partial charge in [0.1, 0.15) is 23.3 Å². The molecule has 1 atom stereocenters. The lowest BCUT2D eigenvalue weighted by atomic mass is 9.98. The summed E-state index contributed by atoms with van der Waals surface area (Å²) in [7, 11) is 0. The molecule has 0 saturated heterocycles. The third kappa shape index (κ3) is 3.61. The first-order valence-electron chi connectivity index (χ1n) is 5.97. The van der Waals surface area contributed by atoms with Crippen molar-refractivity contribution >= 4 is 15.9 Å². The van der Waals surface area contributed by atoms with E-state index in [9.17, 15) is 17.6 Å². The zero-order valence-corrected chi connectivity index (χ0v) is 12.2. The van der Waals surface area contributed by atoms with Crippen molar-refractivity contribution in [2.24, 2.45) is 5.84 Å². The van der Waals surface area contributed by atoms with E-state index in [2.05, 4.69) is 21.4 Å². The fourth-order valence-corrected chi connectivity index (χ4v) is 2.46. The molecular weight excluding hydrogens is 352 g/mol. The van der Waals surface area contributed by atoms with Crippen LogP contribution in [0.15, 0.2) is 34.8 Å². The summed E-state index contributed by atoms with van der Waals surface area (Å²) in [4.78, 5) is 0. The SMILES string of the molecule is NNC(Cc1cc(F)ccc1Br)c1c(F)cc(F)cc1F. The molecule has 0 radical (unpaired) electrons. The first kappa shape index (κ1) is 15.9. The Hall–Kier alpha value is -1.44. The molecule has 3 N–H and O–H groups in total. The van der Waals surface area contributed by atoms with E-state index in [4.69, 9.17) is 5.84 Å². The van der Waals surface area contributed by atoms with Crippen molar-refractivity contribution in [3.63, 3.8) is 0 Å². The molecule has 0 fully saturated rings. The minimum Gasteiger partial charge on any atom is -0.271 e. The van der Waals surface area contributed by atoms with Gasteiger partial charge in [0, 0.05) is 22.2 Å². The summed E-state index contributed by atoms with van der Waals surface area (Å²) in [5.41, 5.74) is 2.35. The van der Waals surface area contributed by atoms with Gasteiger partial charge in [-0.2, -0.15) is 0 Å². The third-order valence-electron chi connectivity index (χ3n) is 3.03. The predicted molar refractivity (Wildman–Crippen MR) is 74.2 cm³/mol. The summed E-state index contributed by atoms with van der Waals surface area (Å²) in [5.74, 6) is 1.73. The standard InChI is InChI=1S/C14H11BrF4N2/c15-10-2-1-8(16)3-7(10)4-13(21-20)14-11(18)5-9(17)6-12(14)19/h1-3,5-6,13,21H,4,20H2. The fraction of sp³-hybridized carbons (Fsp3) is 0.143. The van der Waals surface area contributed by atoms with Gasteiger partial charge in [0.2, 0.25) is 0 Å². The summed E-state index contributed by atoms with van der Waals surface area (Å²) in [6.45, 7) is 0. The van der Waals surface area contributed by atoms with E-state index >= 15 is 0 Å². The van der Waals surface area contributed by atoms with Crippen molar-refractivity contribution < 1.29 is 17.6 Å². The smallest absolute Gasteiger partial charge is 0.133 e. The Morgan fingerprint density at radius 3 is 2.19 bits per heavy atom. The number of hydrogen-bond donors (Lipinski definition) is 2. The number of halogens is 5. The lowest BCUT2D eigenvalue weighted by molar-refractivity contribution is 0.461. The topological polar surface area (TPSA) is 38.0 Å². The number of nitrogens with one attached hydrogen (secondary N) is 1. The molecule has 2 aromatic carbocycles. The molecule has 2 rings (SSSR count). The monoisotopic (exact) mass is 362 g/mol. The Balaban J connectivity index is 2.39. The highest BCUT2D eigenvalue weighted by Crippen LogP contribution is 2.28. The van der Waals surface area contributed by atoms with Crippen LogP contribution < -0.4 is 11.3 Å². The molecule has 0 heterocycles. The van der Waals surface area contributed by atoms with Crippen LogP contribution in [0.1, 0.15) is 17.2 Å². The van der Waals surface area contributed by atoms with Gasteiger partial charge in [-0.3, -0.25) is 11.3 Å². The van der Waals surface area contributed by atoms with Crippen molar-refractivity contribution in [1.82, 2.24) is 5.43 Å². The maximum atomic E-state index is 13.8. The van der Waals surface area contributed by atoms with E-state index in [-0.39, 0.29) is 6.42 Å². The van der Waals surface area contributed by atoms with Crippen molar-refractivity contribution in [3.8, 4) is 0 Å². The quantitative estimate of drug-likeness (QED) is 0.493. The molecule has 0 spiro atoms.